The molecule has 0 atom stereocenters. The topological polar surface area (TPSA) is 61.8 Å². The Balaban J connectivity index is 1.93. The standard InChI is InChI=1S/C16H13Cl2N3O2/c17-10-6-11(18)16-20-15(12(7-19)21(16)8-10)9-1-2-13-14(5-9)23-4-3-22-13/h1-2,5-6,8H,3-4,7,19H2. The number of ether oxygens (including phenoxy) is 2. The van der Waals surface area contributed by atoms with Gasteiger partial charge in [0.15, 0.2) is 17.1 Å². The van der Waals surface area contributed by atoms with Crippen LogP contribution in [0, 0.1) is 0 Å². The van der Waals surface area contributed by atoms with Gasteiger partial charge in [0.05, 0.1) is 21.4 Å². The highest BCUT2D eigenvalue weighted by Gasteiger charge is 2.18. The number of rotatable bonds is 2. The summed E-state index contributed by atoms with van der Waals surface area (Å²) in [5.41, 5.74) is 9.05. The molecule has 5 nitrogen and oxygen atoms in total. The van der Waals surface area contributed by atoms with Crippen LogP contribution in [0.5, 0.6) is 11.5 Å². The molecule has 0 unspecified atom stereocenters. The predicted octanol–water partition coefficient (Wildman–Crippen LogP) is 3.54. The Morgan fingerprint density at radius 2 is 1.91 bits per heavy atom. The van der Waals surface area contributed by atoms with E-state index in [0.717, 1.165) is 22.7 Å². The zero-order valence-corrected chi connectivity index (χ0v) is 13.6. The van der Waals surface area contributed by atoms with Crippen molar-refractivity contribution >= 4 is 28.8 Å². The van der Waals surface area contributed by atoms with Gasteiger partial charge in [-0.1, -0.05) is 23.2 Å². The number of hydrogen-bond acceptors (Lipinski definition) is 4. The molecule has 7 heteroatoms. The van der Waals surface area contributed by atoms with Crippen molar-refractivity contribution in [2.24, 2.45) is 5.73 Å². The average molecular weight is 350 g/mol. The summed E-state index contributed by atoms with van der Waals surface area (Å²) in [6.07, 6.45) is 1.76. The summed E-state index contributed by atoms with van der Waals surface area (Å²) in [5, 5.41) is 1.01. The zero-order valence-electron chi connectivity index (χ0n) is 12.1. The average Bonchev–Trinajstić information content (AvgIpc) is 2.93. The van der Waals surface area contributed by atoms with E-state index in [1.54, 1.807) is 12.3 Å². The van der Waals surface area contributed by atoms with Gasteiger partial charge in [-0.15, -0.1) is 0 Å². The van der Waals surface area contributed by atoms with Crippen molar-refractivity contribution < 1.29 is 9.47 Å². The Kier molecular flexibility index (Phi) is 3.56. The fourth-order valence-electron chi connectivity index (χ4n) is 2.74. The smallest absolute Gasteiger partial charge is 0.162 e. The minimum absolute atomic E-state index is 0.307. The molecule has 1 aliphatic heterocycles. The SMILES string of the molecule is NCc1c(-c2ccc3c(c2)OCCO3)nc2c(Cl)cc(Cl)cn12. The number of aromatic nitrogens is 2. The van der Waals surface area contributed by atoms with Crippen LogP contribution >= 0.6 is 23.2 Å². The number of imidazole rings is 1. The first-order chi connectivity index (χ1) is 11.2. The molecule has 1 aromatic carbocycles. The fraction of sp³-hybridized carbons (Fsp3) is 0.188. The first-order valence-corrected chi connectivity index (χ1v) is 7.89. The van der Waals surface area contributed by atoms with Crippen molar-refractivity contribution in [2.75, 3.05) is 13.2 Å². The highest BCUT2D eigenvalue weighted by Crippen LogP contribution is 2.36. The molecule has 0 aliphatic carbocycles. The second kappa shape index (κ2) is 5.60. The Hall–Kier alpha value is -1.95. The molecule has 0 saturated heterocycles. The third-order valence-corrected chi connectivity index (χ3v) is 4.23. The van der Waals surface area contributed by atoms with Crippen LogP contribution in [0.4, 0.5) is 0 Å². The summed E-state index contributed by atoms with van der Waals surface area (Å²) >= 11 is 12.3. The zero-order chi connectivity index (χ0) is 16.0. The quantitative estimate of drug-likeness (QED) is 0.768. The van der Waals surface area contributed by atoms with Crippen molar-refractivity contribution in [1.29, 1.82) is 0 Å². The first kappa shape index (κ1) is 14.6. The molecular formula is C16H13Cl2N3O2. The van der Waals surface area contributed by atoms with Gasteiger partial charge in [-0.3, -0.25) is 4.40 Å². The lowest BCUT2D eigenvalue weighted by atomic mass is 10.1. The van der Waals surface area contributed by atoms with E-state index in [9.17, 15) is 0 Å². The van der Waals surface area contributed by atoms with Crippen molar-refractivity contribution in [1.82, 2.24) is 9.38 Å². The van der Waals surface area contributed by atoms with E-state index < -0.39 is 0 Å². The molecule has 4 rings (SSSR count). The molecule has 118 valence electrons. The van der Waals surface area contributed by atoms with E-state index in [1.165, 1.54) is 0 Å². The molecule has 3 aromatic rings. The molecule has 0 bridgehead atoms. The largest absolute Gasteiger partial charge is 0.486 e. The van der Waals surface area contributed by atoms with E-state index in [2.05, 4.69) is 4.98 Å². The summed E-state index contributed by atoms with van der Waals surface area (Å²) in [6.45, 7) is 1.40. The summed E-state index contributed by atoms with van der Waals surface area (Å²) in [6, 6.07) is 7.39. The van der Waals surface area contributed by atoms with Crippen LogP contribution in [0.2, 0.25) is 10.0 Å². The molecular weight excluding hydrogens is 337 g/mol. The van der Waals surface area contributed by atoms with Gasteiger partial charge in [0.2, 0.25) is 0 Å². The number of benzene rings is 1. The second-order valence-electron chi connectivity index (χ2n) is 5.17. The van der Waals surface area contributed by atoms with Crippen molar-refractivity contribution in [3.63, 3.8) is 0 Å². The predicted molar refractivity (Wildman–Crippen MR) is 89.5 cm³/mol. The van der Waals surface area contributed by atoms with Gasteiger partial charge in [0.25, 0.3) is 0 Å². The highest BCUT2D eigenvalue weighted by atomic mass is 35.5. The number of pyridine rings is 1. The Morgan fingerprint density at radius 3 is 2.70 bits per heavy atom. The Labute approximate surface area is 142 Å². The van der Waals surface area contributed by atoms with E-state index in [4.69, 9.17) is 38.4 Å². The molecule has 0 fully saturated rings. The maximum Gasteiger partial charge on any atom is 0.162 e. The lowest BCUT2D eigenvalue weighted by Crippen LogP contribution is -2.15. The van der Waals surface area contributed by atoms with Gasteiger partial charge in [-0.05, 0) is 24.3 Å². The van der Waals surface area contributed by atoms with E-state index in [1.807, 2.05) is 22.6 Å². The number of hydrogen-bond donors (Lipinski definition) is 1. The summed E-state index contributed by atoms with van der Waals surface area (Å²) in [7, 11) is 0. The number of halogens is 2. The number of nitrogens with two attached hydrogens (primary N) is 1. The Bertz CT molecular complexity index is 908. The van der Waals surface area contributed by atoms with Gasteiger partial charge in [0.1, 0.15) is 13.2 Å². The van der Waals surface area contributed by atoms with Gasteiger partial charge >= 0.3 is 0 Å². The van der Waals surface area contributed by atoms with Crippen LogP contribution in [0.1, 0.15) is 5.69 Å². The maximum atomic E-state index is 6.25. The van der Waals surface area contributed by atoms with Crippen LogP contribution in [-0.2, 0) is 6.54 Å². The van der Waals surface area contributed by atoms with Crippen LogP contribution < -0.4 is 15.2 Å². The first-order valence-electron chi connectivity index (χ1n) is 7.13. The third-order valence-electron chi connectivity index (χ3n) is 3.75. The minimum Gasteiger partial charge on any atom is -0.486 e. The van der Waals surface area contributed by atoms with E-state index >= 15 is 0 Å². The molecule has 0 saturated carbocycles. The molecule has 3 heterocycles. The van der Waals surface area contributed by atoms with Crippen LogP contribution in [-0.4, -0.2) is 22.6 Å². The molecule has 0 spiro atoms. The van der Waals surface area contributed by atoms with Gasteiger partial charge < -0.3 is 15.2 Å². The monoisotopic (exact) mass is 349 g/mol. The molecule has 2 N–H and O–H groups in total. The summed E-state index contributed by atoms with van der Waals surface area (Å²) in [5.74, 6) is 1.44. The lowest BCUT2D eigenvalue weighted by molar-refractivity contribution is 0.171. The van der Waals surface area contributed by atoms with E-state index in [0.29, 0.717) is 41.2 Å². The maximum absolute atomic E-state index is 6.25. The van der Waals surface area contributed by atoms with Crippen LogP contribution in [0.15, 0.2) is 30.5 Å². The molecule has 1 aliphatic rings. The number of fused-ring (bicyclic) bond motifs is 2. The van der Waals surface area contributed by atoms with Gasteiger partial charge in [-0.2, -0.15) is 0 Å². The molecule has 2 aromatic heterocycles. The van der Waals surface area contributed by atoms with E-state index in [-0.39, 0.29) is 0 Å². The fourth-order valence-corrected chi connectivity index (χ4v) is 3.25. The van der Waals surface area contributed by atoms with Crippen LogP contribution in [0.25, 0.3) is 16.9 Å². The van der Waals surface area contributed by atoms with Crippen molar-refractivity contribution in [3.05, 3.63) is 46.2 Å². The molecule has 0 amide bonds. The minimum atomic E-state index is 0.307. The highest BCUT2D eigenvalue weighted by molar-refractivity contribution is 6.36. The molecule has 0 radical (unpaired) electrons. The summed E-state index contributed by atoms with van der Waals surface area (Å²) < 4.78 is 13.0. The second-order valence-corrected chi connectivity index (χ2v) is 6.01. The van der Waals surface area contributed by atoms with Crippen molar-refractivity contribution in [2.45, 2.75) is 6.54 Å². The van der Waals surface area contributed by atoms with Crippen molar-refractivity contribution in [3.8, 4) is 22.8 Å². The van der Waals surface area contributed by atoms with Gasteiger partial charge in [0, 0.05) is 18.3 Å². The lowest BCUT2D eigenvalue weighted by Gasteiger charge is -2.18. The molecule has 23 heavy (non-hydrogen) atoms. The summed E-state index contributed by atoms with van der Waals surface area (Å²) in [4.78, 5) is 4.64. The normalized spacial score (nSPS) is 13.5. The van der Waals surface area contributed by atoms with Gasteiger partial charge in [-0.25, -0.2) is 4.98 Å². The third kappa shape index (κ3) is 2.41. The number of nitrogens with zero attached hydrogens (tertiary/aromatic N) is 2. The Morgan fingerprint density at radius 1 is 1.13 bits per heavy atom. The van der Waals surface area contributed by atoms with Crippen LogP contribution in [0.3, 0.4) is 0 Å².